The van der Waals surface area contributed by atoms with E-state index in [1.807, 2.05) is 36.4 Å². The van der Waals surface area contributed by atoms with Gasteiger partial charge in [0, 0.05) is 12.4 Å². The molecule has 5 heteroatoms. The van der Waals surface area contributed by atoms with Gasteiger partial charge in [-0.25, -0.2) is 0 Å². The second-order valence-corrected chi connectivity index (χ2v) is 2.43. The summed E-state index contributed by atoms with van der Waals surface area (Å²) < 4.78 is 0. The second kappa shape index (κ2) is 8.92. The van der Waals surface area contributed by atoms with E-state index in [-0.39, 0.29) is 47.1 Å². The molecule has 0 atom stereocenters. The topological polar surface area (TPSA) is 25.8 Å². The van der Waals surface area contributed by atoms with Crippen LogP contribution in [0.2, 0.25) is 0 Å². The summed E-state index contributed by atoms with van der Waals surface area (Å²) in [5.41, 5.74) is 1.83. The third-order valence-electron chi connectivity index (χ3n) is 1.59. The predicted molar refractivity (Wildman–Crippen MR) is 65.0 cm³/mol. The van der Waals surface area contributed by atoms with Gasteiger partial charge in [-0.2, -0.15) is 0 Å². The van der Waals surface area contributed by atoms with Crippen LogP contribution in [0.3, 0.4) is 0 Å². The molecule has 0 fully saturated rings. The molecule has 0 aromatic carbocycles. The summed E-state index contributed by atoms with van der Waals surface area (Å²) >= 11 is 0. The first-order valence-electron chi connectivity index (χ1n) is 3.79. The number of thiol groups is 2. The van der Waals surface area contributed by atoms with Gasteiger partial charge in [0.1, 0.15) is 0 Å². The van der Waals surface area contributed by atoms with E-state index >= 15 is 0 Å². The Morgan fingerprint density at radius 1 is 0.667 bits per heavy atom. The maximum absolute atomic E-state index is 4.19. The van der Waals surface area contributed by atoms with Crippen molar-refractivity contribution in [3.05, 3.63) is 48.8 Å². The third-order valence-corrected chi connectivity index (χ3v) is 1.59. The van der Waals surface area contributed by atoms with Gasteiger partial charge in [-0.05, 0) is 24.3 Å². The normalized spacial score (nSPS) is 7.73. The van der Waals surface area contributed by atoms with Crippen molar-refractivity contribution in [3.8, 4) is 11.4 Å². The zero-order valence-corrected chi connectivity index (χ0v) is 11.9. The minimum absolute atomic E-state index is 0. The average molecular weight is 415 g/mol. The van der Waals surface area contributed by atoms with Crippen LogP contribution in [-0.2, 0) is 47.1 Å². The fourth-order valence-corrected chi connectivity index (χ4v) is 1.03. The SMILES string of the molecule is [Ir+3].[SH-].[SH-].c1ccc(-c2ccccn2)nc1. The Hall–Kier alpha value is -0.351. The van der Waals surface area contributed by atoms with Gasteiger partial charge in [-0.3, -0.25) is 9.97 Å². The molecule has 0 aliphatic carbocycles. The number of aromatic nitrogens is 2. The van der Waals surface area contributed by atoms with Gasteiger partial charge in [0.25, 0.3) is 0 Å². The van der Waals surface area contributed by atoms with Gasteiger partial charge in [-0.15, -0.1) is 0 Å². The first kappa shape index (κ1) is 17.1. The molecule has 0 radical (unpaired) electrons. The van der Waals surface area contributed by atoms with Crippen molar-refractivity contribution >= 4 is 27.0 Å². The van der Waals surface area contributed by atoms with Crippen molar-refractivity contribution in [2.75, 3.05) is 0 Å². The standard InChI is InChI=1S/C10H8N2.Ir.2H2S/c1-3-7-11-9(5-1)10-6-2-4-8-12-10;;;/h1-8H;;2*1H2/q;+3;;/p-2. The summed E-state index contributed by atoms with van der Waals surface area (Å²) in [4.78, 5) is 8.37. The minimum Gasteiger partial charge on any atom is -0.813 e. The first-order chi connectivity index (χ1) is 5.97. The molecule has 80 valence electrons. The van der Waals surface area contributed by atoms with Crippen molar-refractivity contribution in [2.24, 2.45) is 0 Å². The maximum Gasteiger partial charge on any atom is 3.00 e. The van der Waals surface area contributed by atoms with Crippen LogP contribution in [-0.4, -0.2) is 9.97 Å². The Bertz CT molecular complexity index is 319. The summed E-state index contributed by atoms with van der Waals surface area (Å²) in [5.74, 6) is 0. The van der Waals surface area contributed by atoms with E-state index in [0.29, 0.717) is 0 Å². The molecular formula is C10H10IrN2S2+. The molecule has 15 heavy (non-hydrogen) atoms. The van der Waals surface area contributed by atoms with Crippen molar-refractivity contribution in [1.82, 2.24) is 9.97 Å². The molecule has 0 saturated carbocycles. The molecule has 0 spiro atoms. The van der Waals surface area contributed by atoms with E-state index in [9.17, 15) is 0 Å². The molecule has 2 aromatic heterocycles. The molecule has 0 N–H and O–H groups in total. The van der Waals surface area contributed by atoms with Crippen LogP contribution in [0.5, 0.6) is 0 Å². The Kier molecular flexibility index (Phi) is 10.1. The van der Waals surface area contributed by atoms with Crippen LogP contribution >= 0.6 is 0 Å². The number of hydrogen-bond donors (Lipinski definition) is 0. The van der Waals surface area contributed by atoms with Gasteiger partial charge in [0.05, 0.1) is 11.4 Å². The fourth-order valence-electron chi connectivity index (χ4n) is 1.03. The molecule has 0 unspecified atom stereocenters. The summed E-state index contributed by atoms with van der Waals surface area (Å²) in [6.07, 6.45) is 3.54. The van der Waals surface area contributed by atoms with Crippen molar-refractivity contribution < 1.29 is 20.1 Å². The van der Waals surface area contributed by atoms with Crippen LogP contribution < -0.4 is 0 Å². The van der Waals surface area contributed by atoms with Crippen LogP contribution in [0.25, 0.3) is 11.4 Å². The molecule has 0 aliphatic rings. The number of hydrogen-bond acceptors (Lipinski definition) is 4. The Labute approximate surface area is 117 Å². The minimum atomic E-state index is 0. The van der Waals surface area contributed by atoms with Gasteiger partial charge in [0.2, 0.25) is 0 Å². The fraction of sp³-hybridized carbons (Fsp3) is 0. The Balaban J connectivity index is 0. The molecule has 0 amide bonds. The average Bonchev–Trinajstić information content (AvgIpc) is 2.21. The van der Waals surface area contributed by atoms with E-state index in [2.05, 4.69) is 9.97 Å². The van der Waals surface area contributed by atoms with E-state index in [0.717, 1.165) is 11.4 Å². The smallest absolute Gasteiger partial charge is 0.813 e. The van der Waals surface area contributed by atoms with Gasteiger partial charge < -0.3 is 27.0 Å². The molecule has 2 aromatic rings. The molecule has 2 heterocycles. The third kappa shape index (κ3) is 4.80. The zero-order chi connectivity index (χ0) is 8.23. The van der Waals surface area contributed by atoms with Crippen molar-refractivity contribution in [2.45, 2.75) is 0 Å². The second-order valence-electron chi connectivity index (χ2n) is 2.43. The Morgan fingerprint density at radius 2 is 1.07 bits per heavy atom. The van der Waals surface area contributed by atoms with Crippen molar-refractivity contribution in [1.29, 1.82) is 0 Å². The molecule has 2 rings (SSSR count). The summed E-state index contributed by atoms with van der Waals surface area (Å²) in [7, 11) is 0. The number of pyridine rings is 2. The molecule has 0 aliphatic heterocycles. The van der Waals surface area contributed by atoms with Crippen LogP contribution in [0.15, 0.2) is 48.8 Å². The predicted octanol–water partition coefficient (Wildman–Crippen LogP) is 1.60. The number of rotatable bonds is 1. The van der Waals surface area contributed by atoms with Crippen LogP contribution in [0.4, 0.5) is 0 Å². The first-order valence-corrected chi connectivity index (χ1v) is 3.79. The van der Waals surface area contributed by atoms with Gasteiger partial charge in [0.15, 0.2) is 0 Å². The largest absolute Gasteiger partial charge is 3.00 e. The van der Waals surface area contributed by atoms with Crippen LogP contribution in [0, 0.1) is 0 Å². The molecule has 2 nitrogen and oxygen atoms in total. The molecule has 0 bridgehead atoms. The van der Waals surface area contributed by atoms with Crippen molar-refractivity contribution in [3.63, 3.8) is 0 Å². The van der Waals surface area contributed by atoms with Gasteiger partial charge in [-0.1, -0.05) is 12.1 Å². The maximum atomic E-state index is 4.19. The summed E-state index contributed by atoms with van der Waals surface area (Å²) in [5, 5.41) is 0. The molecule has 0 saturated heterocycles. The van der Waals surface area contributed by atoms with E-state index in [1.165, 1.54) is 0 Å². The van der Waals surface area contributed by atoms with Crippen LogP contribution in [0.1, 0.15) is 0 Å². The monoisotopic (exact) mass is 415 g/mol. The quantitative estimate of drug-likeness (QED) is 0.523. The Morgan fingerprint density at radius 3 is 1.33 bits per heavy atom. The van der Waals surface area contributed by atoms with E-state index in [4.69, 9.17) is 0 Å². The van der Waals surface area contributed by atoms with E-state index in [1.54, 1.807) is 12.4 Å². The summed E-state index contributed by atoms with van der Waals surface area (Å²) in [6, 6.07) is 11.6. The zero-order valence-electron chi connectivity index (χ0n) is 7.74. The summed E-state index contributed by atoms with van der Waals surface area (Å²) in [6.45, 7) is 0. The molecular weight excluding hydrogens is 404 g/mol. The number of nitrogens with zero attached hydrogens (tertiary/aromatic N) is 2. The van der Waals surface area contributed by atoms with E-state index < -0.39 is 0 Å². The van der Waals surface area contributed by atoms with Gasteiger partial charge >= 0.3 is 20.1 Å².